The van der Waals surface area contributed by atoms with Gasteiger partial charge in [-0.25, -0.2) is 0 Å². The van der Waals surface area contributed by atoms with Crippen LogP contribution >= 0.6 is 0 Å². The van der Waals surface area contributed by atoms with Crippen LogP contribution in [0.5, 0.6) is 0 Å². The van der Waals surface area contributed by atoms with Crippen molar-refractivity contribution in [1.29, 1.82) is 0 Å². The SMILES string of the molecule is CCOC(=O)C1CCN(C(=NC)NCC2CCN(CCOC)CC2)CC1. The van der Waals surface area contributed by atoms with Crippen LogP contribution in [0.1, 0.15) is 32.6 Å². The molecule has 2 heterocycles. The highest BCUT2D eigenvalue weighted by Crippen LogP contribution is 2.19. The molecule has 0 aromatic heterocycles. The number of nitrogens with zero attached hydrogens (tertiary/aromatic N) is 3. The quantitative estimate of drug-likeness (QED) is 0.414. The standard InChI is InChI=1S/C19H36N4O3/c1-4-26-18(24)17-7-11-23(12-8-17)19(20-2)21-15-16-5-9-22(10-6-16)13-14-25-3/h16-17H,4-15H2,1-3H3,(H,20,21). The Morgan fingerprint density at radius 2 is 1.85 bits per heavy atom. The summed E-state index contributed by atoms with van der Waals surface area (Å²) in [6.45, 7) is 9.18. The molecule has 1 N–H and O–H groups in total. The van der Waals surface area contributed by atoms with Gasteiger partial charge in [0.15, 0.2) is 5.96 Å². The second-order valence-corrected chi connectivity index (χ2v) is 7.22. The molecule has 2 aliphatic heterocycles. The molecule has 0 radical (unpaired) electrons. The number of ether oxygens (including phenoxy) is 2. The summed E-state index contributed by atoms with van der Waals surface area (Å²) in [5.74, 6) is 1.66. The number of esters is 1. The summed E-state index contributed by atoms with van der Waals surface area (Å²) in [5, 5.41) is 3.55. The Labute approximate surface area is 158 Å². The van der Waals surface area contributed by atoms with E-state index in [9.17, 15) is 4.79 Å². The Morgan fingerprint density at radius 1 is 1.15 bits per heavy atom. The highest BCUT2D eigenvalue weighted by molar-refractivity contribution is 5.80. The van der Waals surface area contributed by atoms with Gasteiger partial charge in [-0.3, -0.25) is 9.79 Å². The van der Waals surface area contributed by atoms with Gasteiger partial charge in [-0.05, 0) is 51.6 Å². The molecule has 0 spiro atoms. The minimum absolute atomic E-state index is 0.0423. The van der Waals surface area contributed by atoms with E-state index >= 15 is 0 Å². The topological polar surface area (TPSA) is 66.4 Å². The van der Waals surface area contributed by atoms with Gasteiger partial charge >= 0.3 is 5.97 Å². The molecule has 2 saturated heterocycles. The average Bonchev–Trinajstić information content (AvgIpc) is 2.68. The number of methoxy groups -OCH3 is 1. The van der Waals surface area contributed by atoms with Crippen molar-refractivity contribution in [1.82, 2.24) is 15.1 Å². The van der Waals surface area contributed by atoms with E-state index in [2.05, 4.69) is 20.1 Å². The fourth-order valence-corrected chi connectivity index (χ4v) is 3.79. The average molecular weight is 369 g/mol. The van der Waals surface area contributed by atoms with Gasteiger partial charge in [0.25, 0.3) is 0 Å². The molecule has 0 unspecified atom stereocenters. The van der Waals surface area contributed by atoms with Crippen LogP contribution in [0.15, 0.2) is 4.99 Å². The van der Waals surface area contributed by atoms with Crippen molar-refractivity contribution in [3.63, 3.8) is 0 Å². The minimum Gasteiger partial charge on any atom is -0.466 e. The lowest BCUT2D eigenvalue weighted by molar-refractivity contribution is -0.149. The van der Waals surface area contributed by atoms with Crippen molar-refractivity contribution in [2.24, 2.45) is 16.8 Å². The van der Waals surface area contributed by atoms with E-state index in [1.807, 2.05) is 14.0 Å². The predicted molar refractivity (Wildman–Crippen MR) is 103 cm³/mol. The van der Waals surface area contributed by atoms with Crippen molar-refractivity contribution in [2.45, 2.75) is 32.6 Å². The fourth-order valence-electron chi connectivity index (χ4n) is 3.79. The summed E-state index contributed by atoms with van der Waals surface area (Å²) in [4.78, 5) is 21.1. The van der Waals surface area contributed by atoms with Crippen molar-refractivity contribution < 1.29 is 14.3 Å². The molecule has 0 bridgehead atoms. The molecule has 7 heteroatoms. The Hall–Kier alpha value is -1.34. The first-order valence-electron chi connectivity index (χ1n) is 10.0. The number of piperidine rings is 2. The van der Waals surface area contributed by atoms with E-state index in [-0.39, 0.29) is 11.9 Å². The lowest BCUT2D eigenvalue weighted by Gasteiger charge is -2.35. The zero-order chi connectivity index (χ0) is 18.8. The van der Waals surface area contributed by atoms with Gasteiger partial charge in [0.1, 0.15) is 0 Å². The van der Waals surface area contributed by atoms with E-state index in [1.54, 1.807) is 7.11 Å². The van der Waals surface area contributed by atoms with Crippen LogP contribution in [0.25, 0.3) is 0 Å². The zero-order valence-electron chi connectivity index (χ0n) is 16.7. The number of carbonyl (C=O) groups is 1. The molecule has 150 valence electrons. The molecule has 0 saturated carbocycles. The van der Waals surface area contributed by atoms with Gasteiger partial charge < -0.3 is 24.6 Å². The third-order valence-electron chi connectivity index (χ3n) is 5.49. The second-order valence-electron chi connectivity index (χ2n) is 7.22. The predicted octanol–water partition coefficient (Wildman–Crippen LogP) is 1.20. The first kappa shape index (κ1) is 21.0. The lowest BCUT2D eigenvalue weighted by Crippen LogP contribution is -2.48. The van der Waals surface area contributed by atoms with Crippen LogP contribution in [0.2, 0.25) is 0 Å². The summed E-state index contributed by atoms with van der Waals surface area (Å²) in [6, 6.07) is 0. The minimum atomic E-state index is -0.0460. The monoisotopic (exact) mass is 368 g/mol. The van der Waals surface area contributed by atoms with E-state index in [4.69, 9.17) is 9.47 Å². The van der Waals surface area contributed by atoms with Gasteiger partial charge in [-0.15, -0.1) is 0 Å². The number of nitrogens with one attached hydrogen (secondary N) is 1. The Kier molecular flexibility index (Phi) is 9.18. The van der Waals surface area contributed by atoms with Gasteiger partial charge in [0, 0.05) is 40.3 Å². The van der Waals surface area contributed by atoms with Crippen LogP contribution in [-0.4, -0.2) is 88.4 Å². The lowest BCUT2D eigenvalue weighted by atomic mass is 9.96. The Morgan fingerprint density at radius 3 is 2.42 bits per heavy atom. The highest BCUT2D eigenvalue weighted by Gasteiger charge is 2.27. The molecule has 2 fully saturated rings. The van der Waals surface area contributed by atoms with Crippen LogP contribution in [0.4, 0.5) is 0 Å². The van der Waals surface area contributed by atoms with Gasteiger partial charge in [0.2, 0.25) is 0 Å². The fraction of sp³-hybridized carbons (Fsp3) is 0.895. The Bertz CT molecular complexity index is 442. The van der Waals surface area contributed by atoms with Gasteiger partial charge in [-0.2, -0.15) is 0 Å². The van der Waals surface area contributed by atoms with E-state index in [0.29, 0.717) is 12.5 Å². The molecule has 0 atom stereocenters. The molecule has 7 nitrogen and oxygen atoms in total. The molecule has 2 aliphatic rings. The molecule has 0 amide bonds. The van der Waals surface area contributed by atoms with Crippen molar-refractivity contribution in [3.8, 4) is 0 Å². The van der Waals surface area contributed by atoms with E-state index in [1.165, 1.54) is 12.8 Å². The van der Waals surface area contributed by atoms with Gasteiger partial charge in [0.05, 0.1) is 19.1 Å². The second kappa shape index (κ2) is 11.4. The number of rotatable bonds is 7. The van der Waals surface area contributed by atoms with Crippen LogP contribution in [-0.2, 0) is 14.3 Å². The molecule has 0 aromatic rings. The number of carbonyl (C=O) groups excluding carboxylic acids is 1. The zero-order valence-corrected chi connectivity index (χ0v) is 16.7. The normalized spacial score (nSPS) is 21.0. The van der Waals surface area contributed by atoms with E-state index < -0.39 is 0 Å². The largest absolute Gasteiger partial charge is 0.466 e. The molecule has 2 rings (SSSR count). The molecule has 26 heavy (non-hydrogen) atoms. The van der Waals surface area contributed by atoms with Crippen LogP contribution in [0.3, 0.4) is 0 Å². The number of guanidine groups is 1. The molecule has 0 aromatic carbocycles. The molecule has 0 aliphatic carbocycles. The van der Waals surface area contributed by atoms with Crippen molar-refractivity contribution in [3.05, 3.63) is 0 Å². The third-order valence-corrected chi connectivity index (χ3v) is 5.49. The van der Waals surface area contributed by atoms with Gasteiger partial charge in [-0.1, -0.05) is 0 Å². The Balaban J connectivity index is 1.68. The molecular formula is C19H36N4O3. The maximum Gasteiger partial charge on any atom is 0.309 e. The summed E-state index contributed by atoms with van der Waals surface area (Å²) in [5.41, 5.74) is 0. The molecular weight excluding hydrogens is 332 g/mol. The summed E-state index contributed by atoms with van der Waals surface area (Å²) in [6.07, 6.45) is 4.13. The first-order chi connectivity index (χ1) is 12.7. The number of likely N-dealkylation sites (tertiary alicyclic amines) is 2. The third kappa shape index (κ3) is 6.43. The first-order valence-corrected chi connectivity index (χ1v) is 10.0. The van der Waals surface area contributed by atoms with Crippen molar-refractivity contribution in [2.75, 3.05) is 66.6 Å². The summed E-state index contributed by atoms with van der Waals surface area (Å²) < 4.78 is 10.3. The summed E-state index contributed by atoms with van der Waals surface area (Å²) in [7, 11) is 3.60. The highest BCUT2D eigenvalue weighted by atomic mass is 16.5. The van der Waals surface area contributed by atoms with E-state index in [0.717, 1.165) is 64.7 Å². The van der Waals surface area contributed by atoms with Crippen LogP contribution < -0.4 is 5.32 Å². The van der Waals surface area contributed by atoms with Crippen molar-refractivity contribution >= 4 is 11.9 Å². The number of hydrogen-bond donors (Lipinski definition) is 1. The van der Waals surface area contributed by atoms with Crippen LogP contribution in [0, 0.1) is 11.8 Å². The maximum atomic E-state index is 11.9. The summed E-state index contributed by atoms with van der Waals surface area (Å²) >= 11 is 0. The maximum absolute atomic E-state index is 11.9. The smallest absolute Gasteiger partial charge is 0.309 e. The number of aliphatic imine (C=N–C) groups is 1. The number of hydrogen-bond acceptors (Lipinski definition) is 5.